The molecular weight excluding hydrogens is 232 g/mol. The molecule has 0 aliphatic carbocycles. The standard InChI is InChI=1S/C17H30N2/c1-6-7-15-8-10-16(11-9-15)14(2)19(5)13-17(3,4)12-18/h8-11,14H,6-7,12-13,18H2,1-5H3. The maximum absolute atomic E-state index is 5.82. The molecule has 2 nitrogen and oxygen atoms in total. The topological polar surface area (TPSA) is 29.3 Å². The van der Waals surface area contributed by atoms with Crippen molar-refractivity contribution in [3.05, 3.63) is 35.4 Å². The van der Waals surface area contributed by atoms with Crippen LogP contribution in [-0.2, 0) is 6.42 Å². The first kappa shape index (κ1) is 16.2. The molecule has 19 heavy (non-hydrogen) atoms. The average molecular weight is 262 g/mol. The van der Waals surface area contributed by atoms with Crippen LogP contribution in [0.1, 0.15) is 51.3 Å². The molecule has 1 aromatic carbocycles. The predicted molar refractivity (Wildman–Crippen MR) is 84.3 cm³/mol. The molecule has 0 aromatic heterocycles. The van der Waals surface area contributed by atoms with Gasteiger partial charge in [-0.2, -0.15) is 0 Å². The van der Waals surface area contributed by atoms with Gasteiger partial charge in [0.2, 0.25) is 0 Å². The fourth-order valence-corrected chi connectivity index (χ4v) is 2.38. The lowest BCUT2D eigenvalue weighted by molar-refractivity contribution is 0.174. The van der Waals surface area contributed by atoms with Crippen LogP contribution >= 0.6 is 0 Å². The molecule has 2 heteroatoms. The Morgan fingerprint density at radius 2 is 1.79 bits per heavy atom. The monoisotopic (exact) mass is 262 g/mol. The van der Waals surface area contributed by atoms with E-state index in [2.05, 4.69) is 63.9 Å². The van der Waals surface area contributed by atoms with Crippen molar-refractivity contribution >= 4 is 0 Å². The summed E-state index contributed by atoms with van der Waals surface area (Å²) in [6, 6.07) is 9.49. The van der Waals surface area contributed by atoms with E-state index in [0.29, 0.717) is 6.04 Å². The number of nitrogens with zero attached hydrogens (tertiary/aromatic N) is 1. The Balaban J connectivity index is 2.68. The third-order valence-corrected chi connectivity index (χ3v) is 3.89. The van der Waals surface area contributed by atoms with Crippen LogP contribution in [0.2, 0.25) is 0 Å². The van der Waals surface area contributed by atoms with E-state index in [0.717, 1.165) is 13.1 Å². The average Bonchev–Trinajstić information content (AvgIpc) is 2.38. The van der Waals surface area contributed by atoms with E-state index < -0.39 is 0 Å². The van der Waals surface area contributed by atoms with Gasteiger partial charge < -0.3 is 5.73 Å². The molecule has 0 aliphatic heterocycles. The van der Waals surface area contributed by atoms with Crippen LogP contribution in [0.5, 0.6) is 0 Å². The molecule has 0 saturated heterocycles. The van der Waals surface area contributed by atoms with Crippen molar-refractivity contribution in [2.24, 2.45) is 11.1 Å². The van der Waals surface area contributed by atoms with Crippen LogP contribution in [0.15, 0.2) is 24.3 Å². The van der Waals surface area contributed by atoms with Gasteiger partial charge in [-0.15, -0.1) is 0 Å². The van der Waals surface area contributed by atoms with Gasteiger partial charge in [0.25, 0.3) is 0 Å². The number of aryl methyl sites for hydroxylation is 1. The Morgan fingerprint density at radius 1 is 1.21 bits per heavy atom. The summed E-state index contributed by atoms with van der Waals surface area (Å²) in [5, 5.41) is 0. The minimum absolute atomic E-state index is 0.172. The summed E-state index contributed by atoms with van der Waals surface area (Å²) < 4.78 is 0. The first-order valence-electron chi connectivity index (χ1n) is 7.39. The van der Waals surface area contributed by atoms with Crippen LogP contribution in [0.4, 0.5) is 0 Å². The lowest BCUT2D eigenvalue weighted by atomic mass is 9.92. The second-order valence-corrected chi connectivity index (χ2v) is 6.45. The molecule has 108 valence electrons. The summed E-state index contributed by atoms with van der Waals surface area (Å²) in [6.07, 6.45) is 2.38. The van der Waals surface area contributed by atoms with E-state index in [1.165, 1.54) is 24.0 Å². The molecule has 0 amide bonds. The first-order chi connectivity index (χ1) is 8.89. The van der Waals surface area contributed by atoms with E-state index in [-0.39, 0.29) is 5.41 Å². The molecule has 0 bridgehead atoms. The smallest absolute Gasteiger partial charge is 0.0317 e. The highest BCUT2D eigenvalue weighted by molar-refractivity contribution is 5.24. The van der Waals surface area contributed by atoms with E-state index in [1.54, 1.807) is 0 Å². The lowest BCUT2D eigenvalue weighted by Crippen LogP contribution is -2.37. The van der Waals surface area contributed by atoms with Crippen LogP contribution in [0.3, 0.4) is 0 Å². The molecule has 0 heterocycles. The highest BCUT2D eigenvalue weighted by Crippen LogP contribution is 2.24. The van der Waals surface area contributed by atoms with Gasteiger partial charge in [0.15, 0.2) is 0 Å². The molecule has 0 radical (unpaired) electrons. The number of benzene rings is 1. The summed E-state index contributed by atoms with van der Waals surface area (Å²) >= 11 is 0. The molecule has 1 unspecified atom stereocenters. The van der Waals surface area contributed by atoms with Gasteiger partial charge in [0.05, 0.1) is 0 Å². The Bertz CT molecular complexity index is 367. The SMILES string of the molecule is CCCc1ccc(C(C)N(C)CC(C)(C)CN)cc1. The highest BCUT2D eigenvalue weighted by atomic mass is 15.1. The van der Waals surface area contributed by atoms with Crippen molar-refractivity contribution in [1.82, 2.24) is 4.90 Å². The Morgan fingerprint density at radius 3 is 2.26 bits per heavy atom. The second kappa shape index (κ2) is 7.06. The molecule has 0 fully saturated rings. The summed E-state index contributed by atoms with van der Waals surface area (Å²) in [5.41, 5.74) is 8.81. The fraction of sp³-hybridized carbons (Fsp3) is 0.647. The van der Waals surface area contributed by atoms with Crippen LogP contribution in [-0.4, -0.2) is 25.0 Å². The zero-order valence-corrected chi connectivity index (χ0v) is 13.2. The maximum atomic E-state index is 5.82. The summed E-state index contributed by atoms with van der Waals surface area (Å²) in [4.78, 5) is 2.39. The summed E-state index contributed by atoms with van der Waals surface area (Å²) in [5.74, 6) is 0. The third kappa shape index (κ3) is 4.96. The van der Waals surface area contributed by atoms with Crippen molar-refractivity contribution < 1.29 is 0 Å². The number of hydrogen-bond donors (Lipinski definition) is 1. The van der Waals surface area contributed by atoms with Gasteiger partial charge in [0.1, 0.15) is 0 Å². The van der Waals surface area contributed by atoms with Crippen molar-refractivity contribution in [2.45, 2.75) is 46.6 Å². The third-order valence-electron chi connectivity index (χ3n) is 3.89. The van der Waals surface area contributed by atoms with Gasteiger partial charge in [-0.25, -0.2) is 0 Å². The molecule has 2 N–H and O–H groups in total. The molecule has 1 aromatic rings. The first-order valence-corrected chi connectivity index (χ1v) is 7.39. The Labute approximate surface area is 119 Å². The molecule has 0 aliphatic rings. The number of nitrogens with two attached hydrogens (primary N) is 1. The zero-order chi connectivity index (χ0) is 14.5. The van der Waals surface area contributed by atoms with E-state index in [4.69, 9.17) is 5.73 Å². The maximum Gasteiger partial charge on any atom is 0.0317 e. The second-order valence-electron chi connectivity index (χ2n) is 6.45. The van der Waals surface area contributed by atoms with Crippen LogP contribution in [0.25, 0.3) is 0 Å². The molecule has 0 saturated carbocycles. The normalized spacial score (nSPS) is 13.8. The van der Waals surface area contributed by atoms with Crippen molar-refractivity contribution in [1.29, 1.82) is 0 Å². The molecule has 1 atom stereocenters. The number of hydrogen-bond acceptors (Lipinski definition) is 2. The van der Waals surface area contributed by atoms with Gasteiger partial charge in [0, 0.05) is 12.6 Å². The predicted octanol–water partition coefficient (Wildman–Crippen LogP) is 3.62. The zero-order valence-electron chi connectivity index (χ0n) is 13.2. The fourth-order valence-electron chi connectivity index (χ4n) is 2.38. The summed E-state index contributed by atoms with van der Waals surface area (Å²) in [7, 11) is 2.18. The highest BCUT2D eigenvalue weighted by Gasteiger charge is 2.21. The van der Waals surface area contributed by atoms with Crippen LogP contribution < -0.4 is 5.73 Å². The summed E-state index contributed by atoms with van der Waals surface area (Å²) in [6.45, 7) is 10.7. The van der Waals surface area contributed by atoms with Crippen molar-refractivity contribution in [3.63, 3.8) is 0 Å². The largest absolute Gasteiger partial charge is 0.330 e. The molecule has 1 rings (SSSR count). The Kier molecular flexibility index (Phi) is 6.02. The molecular formula is C17H30N2. The van der Waals surface area contributed by atoms with Crippen molar-refractivity contribution in [2.75, 3.05) is 20.1 Å². The van der Waals surface area contributed by atoms with Gasteiger partial charge in [-0.05, 0) is 43.5 Å². The minimum Gasteiger partial charge on any atom is -0.330 e. The van der Waals surface area contributed by atoms with Gasteiger partial charge in [-0.3, -0.25) is 4.90 Å². The van der Waals surface area contributed by atoms with Crippen LogP contribution in [0, 0.1) is 5.41 Å². The van der Waals surface area contributed by atoms with E-state index in [9.17, 15) is 0 Å². The van der Waals surface area contributed by atoms with Gasteiger partial charge >= 0.3 is 0 Å². The van der Waals surface area contributed by atoms with E-state index >= 15 is 0 Å². The minimum atomic E-state index is 0.172. The molecule has 0 spiro atoms. The van der Waals surface area contributed by atoms with Gasteiger partial charge in [-0.1, -0.05) is 51.5 Å². The lowest BCUT2D eigenvalue weighted by Gasteiger charge is -2.33. The Hall–Kier alpha value is -0.860. The van der Waals surface area contributed by atoms with E-state index in [1.807, 2.05) is 0 Å². The quantitative estimate of drug-likeness (QED) is 0.813. The number of rotatable bonds is 7. The van der Waals surface area contributed by atoms with Crippen molar-refractivity contribution in [3.8, 4) is 0 Å².